The number of benzene rings is 1. The summed E-state index contributed by atoms with van der Waals surface area (Å²) in [5.41, 5.74) is 4.96. The van der Waals surface area contributed by atoms with Crippen LogP contribution in [-0.2, 0) is 4.74 Å². The van der Waals surface area contributed by atoms with Gasteiger partial charge >= 0.3 is 0 Å². The molecule has 1 amide bonds. The summed E-state index contributed by atoms with van der Waals surface area (Å²) in [4.78, 5) is 29.4. The van der Waals surface area contributed by atoms with E-state index in [1.54, 1.807) is 6.20 Å². The molecule has 1 aliphatic rings. The van der Waals surface area contributed by atoms with E-state index < -0.39 is 0 Å². The van der Waals surface area contributed by atoms with Gasteiger partial charge in [0.25, 0.3) is 5.91 Å². The first kappa shape index (κ1) is 23.6. The minimum Gasteiger partial charge on any atom is -0.381 e. The second-order valence-corrected chi connectivity index (χ2v) is 8.49. The number of aliphatic imine (C=N–C) groups is 1. The number of rotatable bonds is 8. The van der Waals surface area contributed by atoms with Crippen molar-refractivity contribution in [1.82, 2.24) is 20.3 Å². The summed E-state index contributed by atoms with van der Waals surface area (Å²) in [6.45, 7) is 8.23. The van der Waals surface area contributed by atoms with E-state index in [0.717, 1.165) is 66.0 Å². The summed E-state index contributed by atoms with van der Waals surface area (Å²) in [6, 6.07) is 7.75. The van der Waals surface area contributed by atoms with Gasteiger partial charge in [0.05, 0.1) is 11.4 Å². The van der Waals surface area contributed by atoms with Gasteiger partial charge in [0.2, 0.25) is 5.95 Å². The van der Waals surface area contributed by atoms with E-state index in [1.807, 2.05) is 57.3 Å². The number of allylic oxidation sites excluding steroid dienone is 1. The number of aryl methyl sites for hydroxylation is 1. The first-order valence-electron chi connectivity index (χ1n) is 11.9. The number of carbonyl (C=O) groups excluding carboxylic acids is 1. The van der Waals surface area contributed by atoms with Crippen LogP contribution < -0.4 is 10.6 Å². The van der Waals surface area contributed by atoms with Crippen LogP contribution in [0.4, 0.5) is 11.6 Å². The Labute approximate surface area is 200 Å². The average Bonchev–Trinajstić information content (AvgIpc) is 3.29. The molecular weight excluding hydrogens is 428 g/mol. The molecule has 3 N–H and O–H groups in total. The molecule has 3 heterocycles. The van der Waals surface area contributed by atoms with E-state index in [4.69, 9.17) is 4.74 Å². The number of aromatic amines is 1. The van der Waals surface area contributed by atoms with E-state index in [0.29, 0.717) is 24.1 Å². The molecule has 0 atom stereocenters. The topological polar surface area (TPSA) is 104 Å². The number of anilines is 2. The van der Waals surface area contributed by atoms with E-state index in [-0.39, 0.29) is 5.91 Å². The van der Waals surface area contributed by atoms with Crippen molar-refractivity contribution in [2.24, 2.45) is 10.9 Å². The number of H-pyrrole nitrogens is 1. The third kappa shape index (κ3) is 5.69. The van der Waals surface area contributed by atoms with Crippen LogP contribution in [0.25, 0.3) is 16.6 Å². The Balaban J connectivity index is 1.49. The lowest BCUT2D eigenvalue weighted by atomic mass is 10.0. The van der Waals surface area contributed by atoms with E-state index in [2.05, 4.69) is 30.6 Å². The van der Waals surface area contributed by atoms with Gasteiger partial charge in [-0.2, -0.15) is 0 Å². The Kier molecular flexibility index (Phi) is 7.69. The fourth-order valence-corrected chi connectivity index (χ4v) is 4.07. The van der Waals surface area contributed by atoms with Crippen molar-refractivity contribution < 1.29 is 9.53 Å². The second-order valence-electron chi connectivity index (χ2n) is 8.49. The predicted octanol–water partition coefficient (Wildman–Crippen LogP) is 5.01. The maximum absolute atomic E-state index is 12.7. The van der Waals surface area contributed by atoms with Crippen molar-refractivity contribution in [3.8, 4) is 0 Å². The SMILES string of the molecule is C/C=C(\N=CCC)c1ccnc(Nc2cc(C)c3[nH]c(C(=O)NCC4CCOCC4)cc3c2)n1. The third-order valence-corrected chi connectivity index (χ3v) is 5.92. The van der Waals surface area contributed by atoms with Crippen LogP contribution >= 0.6 is 0 Å². The number of fused-ring (bicyclic) bond motifs is 1. The summed E-state index contributed by atoms with van der Waals surface area (Å²) < 4.78 is 5.39. The predicted molar refractivity (Wildman–Crippen MR) is 137 cm³/mol. The van der Waals surface area contributed by atoms with Gasteiger partial charge in [0.1, 0.15) is 5.69 Å². The Morgan fingerprint density at radius 1 is 1.29 bits per heavy atom. The molecule has 2 aromatic heterocycles. The molecular formula is C26H32N6O2. The van der Waals surface area contributed by atoms with Gasteiger partial charge in [-0.15, -0.1) is 0 Å². The van der Waals surface area contributed by atoms with Gasteiger partial charge in [-0.25, -0.2) is 9.97 Å². The quantitative estimate of drug-likeness (QED) is 0.410. The highest BCUT2D eigenvalue weighted by Gasteiger charge is 2.17. The van der Waals surface area contributed by atoms with Crippen molar-refractivity contribution in [3.05, 3.63) is 53.5 Å². The molecule has 3 aromatic rings. The van der Waals surface area contributed by atoms with E-state index >= 15 is 0 Å². The highest BCUT2D eigenvalue weighted by atomic mass is 16.5. The summed E-state index contributed by atoms with van der Waals surface area (Å²) in [5, 5.41) is 7.31. The maximum Gasteiger partial charge on any atom is 0.267 e. The first-order valence-corrected chi connectivity index (χ1v) is 11.9. The van der Waals surface area contributed by atoms with Gasteiger partial charge in [-0.05, 0) is 68.9 Å². The van der Waals surface area contributed by atoms with Crippen molar-refractivity contribution in [3.63, 3.8) is 0 Å². The van der Waals surface area contributed by atoms with Crippen LogP contribution in [0.5, 0.6) is 0 Å². The Morgan fingerprint density at radius 3 is 2.88 bits per heavy atom. The number of nitrogens with one attached hydrogen (secondary N) is 3. The molecule has 1 aliphatic heterocycles. The number of aromatic nitrogens is 3. The zero-order valence-electron chi connectivity index (χ0n) is 20.0. The van der Waals surface area contributed by atoms with Gasteiger partial charge in [-0.1, -0.05) is 13.0 Å². The molecule has 4 rings (SSSR count). The zero-order chi connectivity index (χ0) is 23.9. The second kappa shape index (κ2) is 11.1. The van der Waals surface area contributed by atoms with Crippen LogP contribution in [-0.4, -0.2) is 46.8 Å². The number of ether oxygens (including phenoxy) is 1. The molecule has 1 aromatic carbocycles. The van der Waals surface area contributed by atoms with Gasteiger partial charge in [0, 0.05) is 48.8 Å². The molecule has 0 bridgehead atoms. The Morgan fingerprint density at radius 2 is 2.12 bits per heavy atom. The minimum absolute atomic E-state index is 0.0841. The summed E-state index contributed by atoms with van der Waals surface area (Å²) >= 11 is 0. The fourth-order valence-electron chi connectivity index (χ4n) is 4.07. The third-order valence-electron chi connectivity index (χ3n) is 5.92. The highest BCUT2D eigenvalue weighted by molar-refractivity contribution is 5.99. The van der Waals surface area contributed by atoms with Gasteiger partial charge in [-0.3, -0.25) is 9.79 Å². The lowest BCUT2D eigenvalue weighted by Gasteiger charge is -2.21. The average molecular weight is 461 g/mol. The van der Waals surface area contributed by atoms with Crippen molar-refractivity contribution in [1.29, 1.82) is 0 Å². The van der Waals surface area contributed by atoms with E-state index in [9.17, 15) is 4.79 Å². The summed E-state index contributed by atoms with van der Waals surface area (Å²) in [7, 11) is 0. The molecule has 1 saturated heterocycles. The molecule has 34 heavy (non-hydrogen) atoms. The Hall–Kier alpha value is -3.52. The van der Waals surface area contributed by atoms with Crippen LogP contribution in [0, 0.1) is 12.8 Å². The number of hydrogen-bond donors (Lipinski definition) is 3. The number of hydrogen-bond acceptors (Lipinski definition) is 6. The molecule has 178 valence electrons. The number of carbonyl (C=O) groups is 1. The maximum atomic E-state index is 12.7. The Bertz CT molecular complexity index is 1210. The van der Waals surface area contributed by atoms with Crippen LogP contribution in [0.3, 0.4) is 0 Å². The molecule has 0 unspecified atom stereocenters. The van der Waals surface area contributed by atoms with Gasteiger partial charge in [0.15, 0.2) is 0 Å². The van der Waals surface area contributed by atoms with E-state index in [1.165, 1.54) is 0 Å². The van der Waals surface area contributed by atoms with Gasteiger partial charge < -0.3 is 20.4 Å². The normalized spacial score (nSPS) is 15.2. The fraction of sp³-hybridized carbons (Fsp3) is 0.385. The van der Waals surface area contributed by atoms with Crippen molar-refractivity contribution in [2.75, 3.05) is 25.1 Å². The van der Waals surface area contributed by atoms with Crippen LogP contribution in [0.1, 0.15) is 54.9 Å². The highest BCUT2D eigenvalue weighted by Crippen LogP contribution is 2.26. The lowest BCUT2D eigenvalue weighted by molar-refractivity contribution is 0.0642. The first-order chi connectivity index (χ1) is 16.6. The molecule has 8 nitrogen and oxygen atoms in total. The van der Waals surface area contributed by atoms with Crippen LogP contribution in [0.2, 0.25) is 0 Å². The summed E-state index contributed by atoms with van der Waals surface area (Å²) in [6.07, 6.45) is 8.36. The molecule has 0 radical (unpaired) electrons. The van der Waals surface area contributed by atoms with Crippen molar-refractivity contribution in [2.45, 2.75) is 40.0 Å². The van der Waals surface area contributed by atoms with Crippen molar-refractivity contribution >= 4 is 40.4 Å². The minimum atomic E-state index is -0.0841. The summed E-state index contributed by atoms with van der Waals surface area (Å²) in [5.74, 6) is 0.887. The smallest absolute Gasteiger partial charge is 0.267 e. The molecule has 0 aliphatic carbocycles. The molecule has 8 heteroatoms. The zero-order valence-corrected chi connectivity index (χ0v) is 20.0. The van der Waals surface area contributed by atoms with Crippen LogP contribution in [0.15, 0.2) is 41.5 Å². The molecule has 1 fully saturated rings. The monoisotopic (exact) mass is 460 g/mol. The largest absolute Gasteiger partial charge is 0.381 e. The number of nitrogens with zero attached hydrogens (tertiary/aromatic N) is 3. The number of amides is 1. The standard InChI is InChI=1S/C26H32N6O2/c1-4-9-27-21(5-2)22-6-10-28-26(32-22)30-20-13-17(3)24-19(14-20)15-23(31-24)25(33)29-16-18-7-11-34-12-8-18/h5-6,9-10,13-15,18,31H,4,7-8,11-12,16H2,1-3H3,(H,29,33)(H,28,30,32)/b21-5-,27-9?. The molecule has 0 spiro atoms. The molecule has 0 saturated carbocycles. The lowest BCUT2D eigenvalue weighted by Crippen LogP contribution is -2.32.